The van der Waals surface area contributed by atoms with E-state index in [1.165, 1.54) is 81.5 Å². The summed E-state index contributed by atoms with van der Waals surface area (Å²) in [6, 6.07) is 88.1. The predicted molar refractivity (Wildman–Crippen MR) is 280 cm³/mol. The summed E-state index contributed by atoms with van der Waals surface area (Å²) in [6.07, 6.45) is 0. The van der Waals surface area contributed by atoms with E-state index in [1.54, 1.807) is 0 Å². The topological polar surface area (TPSA) is 25.8 Å². The fourth-order valence-corrected chi connectivity index (χ4v) is 10.1. The van der Waals surface area contributed by atoms with Crippen LogP contribution in [0.3, 0.4) is 0 Å². The number of aromatic nitrogens is 2. The maximum Gasteiger partial charge on any atom is 0.160 e. The van der Waals surface area contributed by atoms with Crippen molar-refractivity contribution in [3.63, 3.8) is 0 Å². The molecule has 0 N–H and O–H groups in total. The largest absolute Gasteiger partial charge is 0.228 e. The lowest BCUT2D eigenvalue weighted by Gasteiger charge is -2.19. The van der Waals surface area contributed by atoms with Gasteiger partial charge in [0, 0.05) is 16.7 Å². The molecule has 0 atom stereocenters. The van der Waals surface area contributed by atoms with Crippen LogP contribution >= 0.6 is 0 Å². The Bertz CT molecular complexity index is 3950. The van der Waals surface area contributed by atoms with E-state index in [0.717, 1.165) is 44.6 Å². The van der Waals surface area contributed by atoms with Crippen LogP contribution in [0.2, 0.25) is 0 Å². The van der Waals surface area contributed by atoms with Gasteiger partial charge < -0.3 is 0 Å². The third-order valence-corrected chi connectivity index (χ3v) is 13.4. The Hall–Kier alpha value is -8.72. The molecule has 66 heavy (non-hydrogen) atoms. The molecule has 13 aromatic rings. The van der Waals surface area contributed by atoms with Gasteiger partial charge in [0.15, 0.2) is 5.82 Å². The Morgan fingerprint density at radius 1 is 0.197 bits per heavy atom. The minimum absolute atomic E-state index is 0.704. The number of rotatable bonds is 6. The molecule has 1 heterocycles. The van der Waals surface area contributed by atoms with Crippen molar-refractivity contribution in [1.82, 2.24) is 9.97 Å². The number of fused-ring (bicyclic) bond motifs is 6. The summed E-state index contributed by atoms with van der Waals surface area (Å²) >= 11 is 0. The Morgan fingerprint density at radius 3 is 1.08 bits per heavy atom. The molecular weight excluding hydrogens is 797 g/mol. The van der Waals surface area contributed by atoms with Crippen LogP contribution < -0.4 is 0 Å². The van der Waals surface area contributed by atoms with Crippen LogP contribution in [0.25, 0.3) is 132 Å². The van der Waals surface area contributed by atoms with E-state index in [9.17, 15) is 0 Å². The molecule has 0 spiro atoms. The quantitative estimate of drug-likeness (QED) is 0.156. The first-order valence-electron chi connectivity index (χ1n) is 22.6. The van der Waals surface area contributed by atoms with E-state index in [2.05, 4.69) is 243 Å². The number of nitrogens with zero attached hydrogens (tertiary/aromatic N) is 2. The van der Waals surface area contributed by atoms with Crippen LogP contribution in [-0.2, 0) is 0 Å². The highest BCUT2D eigenvalue weighted by molar-refractivity contribution is 6.22. The highest BCUT2D eigenvalue weighted by atomic mass is 14.9. The zero-order valence-electron chi connectivity index (χ0n) is 36.0. The van der Waals surface area contributed by atoms with Crippen molar-refractivity contribution in [2.24, 2.45) is 0 Å². The maximum atomic E-state index is 5.25. The molecule has 0 aliphatic rings. The van der Waals surface area contributed by atoms with Crippen molar-refractivity contribution in [3.05, 3.63) is 243 Å². The van der Waals surface area contributed by atoms with Gasteiger partial charge in [-0.25, -0.2) is 9.97 Å². The lowest BCUT2D eigenvalue weighted by molar-refractivity contribution is 1.18. The molecule has 13 rings (SSSR count). The van der Waals surface area contributed by atoms with Gasteiger partial charge in [-0.2, -0.15) is 0 Å². The summed E-state index contributed by atoms with van der Waals surface area (Å²) in [5.74, 6) is 0.704. The molecule has 0 amide bonds. The zero-order valence-corrected chi connectivity index (χ0v) is 36.0. The van der Waals surface area contributed by atoms with E-state index >= 15 is 0 Å². The van der Waals surface area contributed by atoms with Crippen molar-refractivity contribution in [1.29, 1.82) is 0 Å². The second-order valence-corrected chi connectivity index (χ2v) is 17.3. The van der Waals surface area contributed by atoms with Crippen LogP contribution in [0.1, 0.15) is 0 Å². The molecule has 0 radical (unpaired) electrons. The van der Waals surface area contributed by atoms with Crippen LogP contribution in [0.15, 0.2) is 243 Å². The van der Waals surface area contributed by atoms with Crippen molar-refractivity contribution in [3.8, 4) is 67.3 Å². The average Bonchev–Trinajstić information content (AvgIpc) is 3.39. The highest BCUT2D eigenvalue weighted by Crippen LogP contribution is 2.46. The smallest absolute Gasteiger partial charge is 0.160 e. The first-order chi connectivity index (χ1) is 32.7. The van der Waals surface area contributed by atoms with Crippen molar-refractivity contribution in [2.75, 3.05) is 0 Å². The minimum Gasteiger partial charge on any atom is -0.228 e. The van der Waals surface area contributed by atoms with Gasteiger partial charge in [-0.05, 0) is 134 Å². The van der Waals surface area contributed by atoms with E-state index in [4.69, 9.17) is 9.97 Å². The van der Waals surface area contributed by atoms with Gasteiger partial charge in [-0.15, -0.1) is 0 Å². The third-order valence-electron chi connectivity index (χ3n) is 13.4. The first kappa shape index (κ1) is 37.8. The number of hydrogen-bond acceptors (Lipinski definition) is 2. The average molecular weight is 837 g/mol. The standard InChI is InChI=1S/C64H40N2/c1-5-15-47-35-52(29-23-41(47)11-1)61-40-60(65-64(66-61)55-32-26-44-14-4-8-18-50(44)38-55)46-27-21-45(22-28-46)51-33-34-58-59(39-51)63(54-31-25-43-13-3-7-17-49(43)37-54)57-20-10-9-19-56(57)62(58)53-30-24-42-12-2-6-16-48(42)36-53/h1-40H. The third kappa shape index (κ3) is 6.58. The van der Waals surface area contributed by atoms with E-state index in [0.29, 0.717) is 5.82 Å². The second kappa shape index (κ2) is 15.5. The van der Waals surface area contributed by atoms with Crippen molar-refractivity contribution < 1.29 is 0 Å². The molecule has 1 aromatic heterocycles. The normalized spacial score (nSPS) is 11.6. The van der Waals surface area contributed by atoms with Gasteiger partial charge in [0.25, 0.3) is 0 Å². The van der Waals surface area contributed by atoms with Crippen LogP contribution in [-0.4, -0.2) is 9.97 Å². The molecule has 306 valence electrons. The summed E-state index contributed by atoms with van der Waals surface area (Å²) in [6.45, 7) is 0. The summed E-state index contributed by atoms with van der Waals surface area (Å²) in [5.41, 5.74) is 12.1. The molecule has 0 bridgehead atoms. The number of hydrogen-bond donors (Lipinski definition) is 0. The van der Waals surface area contributed by atoms with E-state index in [-0.39, 0.29) is 0 Å². The predicted octanol–water partition coefficient (Wildman–Crippen LogP) is 17.4. The van der Waals surface area contributed by atoms with Gasteiger partial charge in [-0.1, -0.05) is 206 Å². The summed E-state index contributed by atoms with van der Waals surface area (Å²) in [5, 5.41) is 14.6. The van der Waals surface area contributed by atoms with E-state index < -0.39 is 0 Å². The monoisotopic (exact) mass is 836 g/mol. The van der Waals surface area contributed by atoms with Gasteiger partial charge in [0.1, 0.15) is 0 Å². The van der Waals surface area contributed by atoms with Gasteiger partial charge in [0.05, 0.1) is 11.4 Å². The Labute approximate surface area is 382 Å². The molecular formula is C64H40N2. The molecule has 12 aromatic carbocycles. The summed E-state index contributed by atoms with van der Waals surface area (Å²) in [4.78, 5) is 10.5. The van der Waals surface area contributed by atoms with Crippen LogP contribution in [0, 0.1) is 0 Å². The Kier molecular flexibility index (Phi) is 8.89. The van der Waals surface area contributed by atoms with Crippen molar-refractivity contribution in [2.45, 2.75) is 0 Å². The Balaban J connectivity index is 0.972. The van der Waals surface area contributed by atoms with Crippen molar-refractivity contribution >= 4 is 64.6 Å². The van der Waals surface area contributed by atoms with Gasteiger partial charge >= 0.3 is 0 Å². The molecule has 2 heteroatoms. The summed E-state index contributed by atoms with van der Waals surface area (Å²) in [7, 11) is 0. The molecule has 0 fully saturated rings. The minimum atomic E-state index is 0.704. The van der Waals surface area contributed by atoms with E-state index in [1.807, 2.05) is 0 Å². The highest BCUT2D eigenvalue weighted by Gasteiger charge is 2.19. The molecule has 2 nitrogen and oxygen atoms in total. The van der Waals surface area contributed by atoms with Gasteiger partial charge in [-0.3, -0.25) is 0 Å². The lowest BCUT2D eigenvalue weighted by Crippen LogP contribution is -1.96. The SMILES string of the molecule is c1ccc2cc(-c3cc(-c4ccc(-c5ccc6c(-c7ccc8ccccc8c7)c7ccccc7c(-c7ccc8ccccc8c7)c6c5)cc4)nc(-c4ccc5ccccc5c4)n3)ccc2c1. The molecule has 0 saturated heterocycles. The second-order valence-electron chi connectivity index (χ2n) is 17.3. The number of benzene rings is 12. The fraction of sp³-hybridized carbons (Fsp3) is 0. The molecule has 0 unspecified atom stereocenters. The Morgan fingerprint density at radius 2 is 0.545 bits per heavy atom. The fourth-order valence-electron chi connectivity index (χ4n) is 10.1. The van der Waals surface area contributed by atoms with Crippen LogP contribution in [0.5, 0.6) is 0 Å². The summed E-state index contributed by atoms with van der Waals surface area (Å²) < 4.78 is 0. The first-order valence-corrected chi connectivity index (χ1v) is 22.6. The lowest BCUT2D eigenvalue weighted by atomic mass is 9.84. The molecule has 0 aliphatic heterocycles. The molecule has 0 saturated carbocycles. The van der Waals surface area contributed by atoms with Crippen LogP contribution in [0.4, 0.5) is 0 Å². The maximum absolute atomic E-state index is 5.25. The zero-order chi connectivity index (χ0) is 43.6. The molecule has 0 aliphatic carbocycles. The van der Waals surface area contributed by atoms with Gasteiger partial charge in [0.2, 0.25) is 0 Å².